The molecule has 0 amide bonds. The van der Waals surface area contributed by atoms with Crippen LogP contribution in [0.15, 0.2) is 0 Å². The number of nitrogens with zero attached hydrogens (tertiary/aromatic N) is 2. The van der Waals surface area contributed by atoms with Crippen molar-refractivity contribution in [3.8, 4) is 0 Å². The zero-order valence-electron chi connectivity index (χ0n) is 9.58. The molecule has 13 heavy (non-hydrogen) atoms. The Morgan fingerprint density at radius 2 is 1.62 bits per heavy atom. The van der Waals surface area contributed by atoms with Crippen LogP contribution < -0.4 is 0 Å². The summed E-state index contributed by atoms with van der Waals surface area (Å²) in [5, 5.41) is 0. The second-order valence-electron chi connectivity index (χ2n) is 4.47. The Kier molecular flexibility index (Phi) is 4.20. The van der Waals surface area contributed by atoms with Crippen molar-refractivity contribution in [2.75, 3.05) is 33.2 Å². The van der Waals surface area contributed by atoms with Crippen LogP contribution in [0.5, 0.6) is 0 Å². The number of piperazine rings is 1. The average Bonchev–Trinajstić information content (AvgIpc) is 2.17. The van der Waals surface area contributed by atoms with Gasteiger partial charge in [0, 0.05) is 32.2 Å². The summed E-state index contributed by atoms with van der Waals surface area (Å²) >= 11 is 0. The SMILES string of the molecule is CCC(C)C(C)N1CCN(C)CC1. The second kappa shape index (κ2) is 4.97. The van der Waals surface area contributed by atoms with Crippen LogP contribution in [0.25, 0.3) is 0 Å². The van der Waals surface area contributed by atoms with Crippen molar-refractivity contribution < 1.29 is 0 Å². The molecule has 1 fully saturated rings. The highest BCUT2D eigenvalue weighted by Gasteiger charge is 2.21. The lowest BCUT2D eigenvalue weighted by molar-refractivity contribution is 0.0923. The highest BCUT2D eigenvalue weighted by Crippen LogP contribution is 2.15. The fourth-order valence-corrected chi connectivity index (χ4v) is 1.93. The minimum atomic E-state index is 0.763. The average molecular weight is 184 g/mol. The van der Waals surface area contributed by atoms with Crippen molar-refractivity contribution in [1.29, 1.82) is 0 Å². The molecule has 2 atom stereocenters. The predicted octanol–water partition coefficient (Wildman–Crippen LogP) is 1.67. The summed E-state index contributed by atoms with van der Waals surface area (Å²) in [5.41, 5.74) is 0. The van der Waals surface area contributed by atoms with Crippen molar-refractivity contribution in [2.45, 2.75) is 33.2 Å². The molecule has 1 aliphatic rings. The lowest BCUT2D eigenvalue weighted by atomic mass is 9.99. The Hall–Kier alpha value is -0.0800. The van der Waals surface area contributed by atoms with Crippen LogP contribution in [0.4, 0.5) is 0 Å². The summed E-state index contributed by atoms with van der Waals surface area (Å²) < 4.78 is 0. The summed E-state index contributed by atoms with van der Waals surface area (Å²) in [4.78, 5) is 5.05. The van der Waals surface area contributed by atoms with E-state index in [4.69, 9.17) is 0 Å². The predicted molar refractivity (Wildman–Crippen MR) is 58.0 cm³/mol. The Morgan fingerprint density at radius 1 is 1.08 bits per heavy atom. The molecular weight excluding hydrogens is 160 g/mol. The molecule has 1 saturated heterocycles. The summed E-state index contributed by atoms with van der Waals surface area (Å²) in [6.45, 7) is 12.0. The van der Waals surface area contributed by atoms with E-state index in [1.165, 1.54) is 32.6 Å². The second-order valence-corrected chi connectivity index (χ2v) is 4.47. The van der Waals surface area contributed by atoms with Crippen molar-refractivity contribution in [3.63, 3.8) is 0 Å². The highest BCUT2D eigenvalue weighted by atomic mass is 15.3. The molecule has 1 heterocycles. The normalized spacial score (nSPS) is 25.8. The van der Waals surface area contributed by atoms with Gasteiger partial charge in [-0.15, -0.1) is 0 Å². The summed E-state index contributed by atoms with van der Waals surface area (Å²) in [7, 11) is 2.21. The molecule has 0 aliphatic carbocycles. The van der Waals surface area contributed by atoms with Gasteiger partial charge in [-0.25, -0.2) is 0 Å². The van der Waals surface area contributed by atoms with E-state index in [-0.39, 0.29) is 0 Å². The molecule has 1 aliphatic heterocycles. The maximum Gasteiger partial charge on any atom is 0.0113 e. The quantitative estimate of drug-likeness (QED) is 0.658. The molecule has 2 nitrogen and oxygen atoms in total. The van der Waals surface area contributed by atoms with E-state index < -0.39 is 0 Å². The molecule has 0 aromatic heterocycles. The van der Waals surface area contributed by atoms with Gasteiger partial charge in [0.2, 0.25) is 0 Å². The lowest BCUT2D eigenvalue weighted by Crippen LogP contribution is -2.49. The largest absolute Gasteiger partial charge is 0.304 e. The number of hydrogen-bond acceptors (Lipinski definition) is 2. The first-order valence-corrected chi connectivity index (χ1v) is 5.57. The van der Waals surface area contributed by atoms with E-state index in [2.05, 4.69) is 37.6 Å². The van der Waals surface area contributed by atoms with Gasteiger partial charge in [-0.3, -0.25) is 4.90 Å². The molecule has 1 rings (SSSR count). The van der Waals surface area contributed by atoms with Crippen molar-refractivity contribution in [3.05, 3.63) is 0 Å². The molecule has 2 heteroatoms. The van der Waals surface area contributed by atoms with E-state index in [0.29, 0.717) is 0 Å². The van der Waals surface area contributed by atoms with Gasteiger partial charge < -0.3 is 4.90 Å². The number of likely N-dealkylation sites (N-methyl/N-ethyl adjacent to an activating group) is 1. The smallest absolute Gasteiger partial charge is 0.0113 e. The summed E-state index contributed by atoms with van der Waals surface area (Å²) in [5.74, 6) is 0.836. The highest BCUT2D eigenvalue weighted by molar-refractivity contribution is 4.77. The van der Waals surface area contributed by atoms with Gasteiger partial charge >= 0.3 is 0 Å². The summed E-state index contributed by atoms with van der Waals surface area (Å²) in [6.07, 6.45) is 1.30. The van der Waals surface area contributed by atoms with Gasteiger partial charge in [0.05, 0.1) is 0 Å². The Balaban J connectivity index is 2.35. The number of hydrogen-bond donors (Lipinski definition) is 0. The van der Waals surface area contributed by atoms with Crippen molar-refractivity contribution in [1.82, 2.24) is 9.80 Å². The van der Waals surface area contributed by atoms with Gasteiger partial charge in [-0.2, -0.15) is 0 Å². The van der Waals surface area contributed by atoms with Crippen LogP contribution in [0.1, 0.15) is 27.2 Å². The molecule has 2 unspecified atom stereocenters. The third kappa shape index (κ3) is 2.96. The van der Waals surface area contributed by atoms with Gasteiger partial charge in [0.25, 0.3) is 0 Å². The molecular formula is C11H24N2. The van der Waals surface area contributed by atoms with E-state index in [9.17, 15) is 0 Å². The third-order valence-corrected chi connectivity index (χ3v) is 3.58. The first kappa shape index (κ1) is 11.0. The molecule has 78 valence electrons. The van der Waals surface area contributed by atoms with Gasteiger partial charge in [0.15, 0.2) is 0 Å². The Bertz CT molecular complexity index is 139. The van der Waals surface area contributed by atoms with Crippen LogP contribution in [0, 0.1) is 5.92 Å². The minimum absolute atomic E-state index is 0.763. The first-order valence-electron chi connectivity index (χ1n) is 5.57. The zero-order chi connectivity index (χ0) is 9.84. The zero-order valence-corrected chi connectivity index (χ0v) is 9.58. The topological polar surface area (TPSA) is 6.48 Å². The standard InChI is InChI=1S/C11H24N2/c1-5-10(2)11(3)13-8-6-12(4)7-9-13/h10-11H,5-9H2,1-4H3. The van der Waals surface area contributed by atoms with Gasteiger partial charge in [-0.05, 0) is 19.9 Å². The van der Waals surface area contributed by atoms with E-state index in [1.54, 1.807) is 0 Å². The lowest BCUT2D eigenvalue weighted by Gasteiger charge is -2.38. The Labute approximate surface area is 82.9 Å². The molecule has 0 spiro atoms. The Morgan fingerprint density at radius 3 is 2.08 bits per heavy atom. The monoisotopic (exact) mass is 184 g/mol. The fourth-order valence-electron chi connectivity index (χ4n) is 1.93. The number of rotatable bonds is 3. The van der Waals surface area contributed by atoms with Crippen LogP contribution in [0.3, 0.4) is 0 Å². The molecule has 0 aromatic rings. The minimum Gasteiger partial charge on any atom is -0.304 e. The van der Waals surface area contributed by atoms with E-state index >= 15 is 0 Å². The van der Waals surface area contributed by atoms with Crippen LogP contribution in [-0.4, -0.2) is 49.1 Å². The maximum atomic E-state index is 2.63. The third-order valence-electron chi connectivity index (χ3n) is 3.58. The van der Waals surface area contributed by atoms with Gasteiger partial charge in [-0.1, -0.05) is 20.3 Å². The maximum absolute atomic E-state index is 2.63. The first-order chi connectivity index (χ1) is 6.15. The van der Waals surface area contributed by atoms with Crippen LogP contribution >= 0.6 is 0 Å². The molecule has 0 radical (unpaired) electrons. The summed E-state index contributed by atoms with van der Waals surface area (Å²) in [6, 6.07) is 0.763. The fraction of sp³-hybridized carbons (Fsp3) is 1.00. The van der Waals surface area contributed by atoms with Crippen molar-refractivity contribution >= 4 is 0 Å². The molecule has 0 aromatic carbocycles. The van der Waals surface area contributed by atoms with Crippen LogP contribution in [0.2, 0.25) is 0 Å². The molecule has 0 bridgehead atoms. The van der Waals surface area contributed by atoms with Crippen molar-refractivity contribution in [2.24, 2.45) is 5.92 Å². The van der Waals surface area contributed by atoms with Gasteiger partial charge in [0.1, 0.15) is 0 Å². The molecule has 0 N–H and O–H groups in total. The van der Waals surface area contributed by atoms with E-state index in [0.717, 1.165) is 12.0 Å². The van der Waals surface area contributed by atoms with E-state index in [1.807, 2.05) is 0 Å². The van der Waals surface area contributed by atoms with Crippen LogP contribution in [-0.2, 0) is 0 Å². The molecule has 0 saturated carbocycles.